The molecule has 1 atom stereocenters. The number of hydrogen-bond donors (Lipinski definition) is 2. The molecule has 2 aromatic rings. The standard InChI is InChI=1S/C20H20N2O3/c1-13(23)14-9-11-16(12-10-14)21-19(24)20(25)22-18-8-4-6-15-5-2-3-7-17(15)18/h2-3,5,7,9-12,18H,4,6,8H2,1H3,(H,21,24)(H,22,25)/t18-/m1/s1. The highest BCUT2D eigenvalue weighted by Gasteiger charge is 2.24. The Bertz CT molecular complexity index is 812. The van der Waals surface area contributed by atoms with Crippen LogP contribution in [0.4, 0.5) is 5.69 Å². The van der Waals surface area contributed by atoms with Gasteiger partial charge in [0.1, 0.15) is 0 Å². The van der Waals surface area contributed by atoms with Crippen LogP contribution < -0.4 is 10.6 Å². The molecule has 0 saturated heterocycles. The molecule has 2 aromatic carbocycles. The van der Waals surface area contributed by atoms with E-state index in [-0.39, 0.29) is 11.8 Å². The zero-order chi connectivity index (χ0) is 17.8. The first-order valence-electron chi connectivity index (χ1n) is 8.35. The normalized spacial score (nSPS) is 15.8. The van der Waals surface area contributed by atoms with E-state index in [1.165, 1.54) is 12.5 Å². The average Bonchev–Trinajstić information content (AvgIpc) is 2.62. The Hall–Kier alpha value is -2.95. The maximum Gasteiger partial charge on any atom is 0.313 e. The van der Waals surface area contributed by atoms with Crippen LogP contribution in [0.1, 0.15) is 47.3 Å². The van der Waals surface area contributed by atoms with Crippen molar-refractivity contribution in [3.63, 3.8) is 0 Å². The largest absolute Gasteiger partial charge is 0.341 e. The molecule has 0 aromatic heterocycles. The molecule has 1 aliphatic carbocycles. The van der Waals surface area contributed by atoms with E-state index in [4.69, 9.17) is 0 Å². The smallest absolute Gasteiger partial charge is 0.313 e. The molecule has 5 nitrogen and oxygen atoms in total. The van der Waals surface area contributed by atoms with E-state index < -0.39 is 11.8 Å². The maximum absolute atomic E-state index is 12.2. The number of fused-ring (bicyclic) bond motifs is 1. The summed E-state index contributed by atoms with van der Waals surface area (Å²) >= 11 is 0. The number of anilines is 1. The predicted molar refractivity (Wildman–Crippen MR) is 95.3 cm³/mol. The van der Waals surface area contributed by atoms with Gasteiger partial charge in [0.15, 0.2) is 5.78 Å². The molecular formula is C20H20N2O3. The van der Waals surface area contributed by atoms with Crippen LogP contribution in [0.5, 0.6) is 0 Å². The minimum atomic E-state index is -0.710. The lowest BCUT2D eigenvalue weighted by Crippen LogP contribution is -2.38. The van der Waals surface area contributed by atoms with E-state index in [1.807, 2.05) is 18.2 Å². The highest BCUT2D eigenvalue weighted by molar-refractivity contribution is 6.39. The maximum atomic E-state index is 12.2. The van der Waals surface area contributed by atoms with Crippen molar-refractivity contribution < 1.29 is 14.4 Å². The van der Waals surface area contributed by atoms with Gasteiger partial charge in [-0.25, -0.2) is 0 Å². The SMILES string of the molecule is CC(=O)c1ccc(NC(=O)C(=O)N[C@@H]2CCCc3ccccc32)cc1. The van der Waals surface area contributed by atoms with Crippen LogP contribution in [-0.4, -0.2) is 17.6 Å². The predicted octanol–water partition coefficient (Wildman–Crippen LogP) is 3.02. The molecule has 25 heavy (non-hydrogen) atoms. The summed E-state index contributed by atoms with van der Waals surface area (Å²) in [7, 11) is 0. The molecule has 2 amide bonds. The number of nitrogens with one attached hydrogen (secondary N) is 2. The molecule has 0 radical (unpaired) electrons. The zero-order valence-corrected chi connectivity index (χ0v) is 14.0. The Morgan fingerprint density at radius 3 is 2.40 bits per heavy atom. The fraction of sp³-hybridized carbons (Fsp3) is 0.250. The number of carbonyl (C=O) groups is 3. The van der Waals surface area contributed by atoms with Crippen molar-refractivity contribution in [2.45, 2.75) is 32.2 Å². The number of rotatable bonds is 3. The van der Waals surface area contributed by atoms with Crippen LogP contribution in [0.2, 0.25) is 0 Å². The second kappa shape index (κ2) is 7.30. The summed E-state index contributed by atoms with van der Waals surface area (Å²) in [6, 6.07) is 14.3. The summed E-state index contributed by atoms with van der Waals surface area (Å²) in [5.74, 6) is -1.41. The van der Waals surface area contributed by atoms with Crippen LogP contribution >= 0.6 is 0 Å². The third-order valence-corrected chi connectivity index (χ3v) is 4.43. The third-order valence-electron chi connectivity index (χ3n) is 4.43. The highest BCUT2D eigenvalue weighted by Crippen LogP contribution is 2.29. The molecule has 0 unspecified atom stereocenters. The summed E-state index contributed by atoms with van der Waals surface area (Å²) in [6.07, 6.45) is 2.80. The van der Waals surface area contributed by atoms with Crippen molar-refractivity contribution in [1.29, 1.82) is 0 Å². The van der Waals surface area contributed by atoms with E-state index in [9.17, 15) is 14.4 Å². The fourth-order valence-corrected chi connectivity index (χ4v) is 3.10. The first-order chi connectivity index (χ1) is 12.0. The molecule has 0 fully saturated rings. The van der Waals surface area contributed by atoms with Crippen LogP contribution in [-0.2, 0) is 16.0 Å². The van der Waals surface area contributed by atoms with Crippen molar-refractivity contribution in [2.75, 3.05) is 5.32 Å². The summed E-state index contributed by atoms with van der Waals surface area (Å²) < 4.78 is 0. The van der Waals surface area contributed by atoms with E-state index in [0.29, 0.717) is 11.3 Å². The van der Waals surface area contributed by atoms with Crippen LogP contribution in [0, 0.1) is 0 Å². The minimum Gasteiger partial charge on any atom is -0.341 e. The first kappa shape index (κ1) is 16.9. The zero-order valence-electron chi connectivity index (χ0n) is 14.0. The lowest BCUT2D eigenvalue weighted by Gasteiger charge is -2.26. The van der Waals surface area contributed by atoms with Gasteiger partial charge in [-0.1, -0.05) is 24.3 Å². The van der Waals surface area contributed by atoms with Gasteiger partial charge >= 0.3 is 11.8 Å². The number of Topliss-reactive ketones (excluding diaryl/α,β-unsaturated/α-hetero) is 1. The van der Waals surface area contributed by atoms with Crippen LogP contribution in [0.25, 0.3) is 0 Å². The third kappa shape index (κ3) is 3.94. The quantitative estimate of drug-likeness (QED) is 0.668. The first-order valence-corrected chi connectivity index (χ1v) is 8.35. The fourth-order valence-electron chi connectivity index (χ4n) is 3.10. The molecule has 5 heteroatoms. The molecule has 0 heterocycles. The van der Waals surface area contributed by atoms with Gasteiger partial charge in [0.2, 0.25) is 0 Å². The van der Waals surface area contributed by atoms with Gasteiger partial charge < -0.3 is 10.6 Å². The molecule has 128 valence electrons. The summed E-state index contributed by atoms with van der Waals surface area (Å²) in [4.78, 5) is 35.6. The van der Waals surface area contributed by atoms with Gasteiger partial charge in [0.25, 0.3) is 0 Å². The molecule has 0 saturated carbocycles. The minimum absolute atomic E-state index is 0.0495. The molecule has 0 bridgehead atoms. The number of benzene rings is 2. The number of hydrogen-bond acceptors (Lipinski definition) is 3. The Morgan fingerprint density at radius 2 is 1.68 bits per heavy atom. The number of aryl methyl sites for hydroxylation is 1. The average molecular weight is 336 g/mol. The number of carbonyl (C=O) groups excluding carboxylic acids is 3. The second-order valence-electron chi connectivity index (χ2n) is 6.20. The molecule has 3 rings (SSSR count). The lowest BCUT2D eigenvalue weighted by molar-refractivity contribution is -0.136. The van der Waals surface area contributed by atoms with Crippen molar-refractivity contribution in [3.05, 3.63) is 65.2 Å². The van der Waals surface area contributed by atoms with E-state index in [2.05, 4.69) is 16.7 Å². The summed E-state index contributed by atoms with van der Waals surface area (Å²) in [5.41, 5.74) is 3.34. The number of ketones is 1. The molecule has 2 N–H and O–H groups in total. The Balaban J connectivity index is 1.64. The van der Waals surface area contributed by atoms with Gasteiger partial charge in [-0.15, -0.1) is 0 Å². The molecular weight excluding hydrogens is 316 g/mol. The van der Waals surface area contributed by atoms with Gasteiger partial charge in [-0.3, -0.25) is 14.4 Å². The summed E-state index contributed by atoms with van der Waals surface area (Å²) in [5, 5.41) is 5.38. The van der Waals surface area contributed by atoms with Crippen LogP contribution in [0.3, 0.4) is 0 Å². The van der Waals surface area contributed by atoms with E-state index in [0.717, 1.165) is 24.8 Å². The van der Waals surface area contributed by atoms with E-state index >= 15 is 0 Å². The summed E-state index contributed by atoms with van der Waals surface area (Å²) in [6.45, 7) is 1.48. The molecule has 1 aliphatic rings. The number of amides is 2. The lowest BCUT2D eigenvalue weighted by atomic mass is 9.88. The van der Waals surface area contributed by atoms with Crippen LogP contribution in [0.15, 0.2) is 48.5 Å². The second-order valence-corrected chi connectivity index (χ2v) is 6.20. The topological polar surface area (TPSA) is 75.3 Å². The molecule has 0 spiro atoms. The Labute approximate surface area is 146 Å². The highest BCUT2D eigenvalue weighted by atomic mass is 16.2. The monoisotopic (exact) mass is 336 g/mol. The van der Waals surface area contributed by atoms with Crippen molar-refractivity contribution >= 4 is 23.3 Å². The van der Waals surface area contributed by atoms with Gasteiger partial charge in [-0.2, -0.15) is 0 Å². The van der Waals surface area contributed by atoms with Crippen molar-refractivity contribution in [1.82, 2.24) is 5.32 Å². The van der Waals surface area contributed by atoms with Gasteiger partial charge in [0.05, 0.1) is 6.04 Å². The van der Waals surface area contributed by atoms with Crippen molar-refractivity contribution in [3.8, 4) is 0 Å². The Kier molecular flexibility index (Phi) is 4.93. The van der Waals surface area contributed by atoms with Crippen molar-refractivity contribution in [2.24, 2.45) is 0 Å². The van der Waals surface area contributed by atoms with E-state index in [1.54, 1.807) is 24.3 Å². The van der Waals surface area contributed by atoms with Gasteiger partial charge in [-0.05, 0) is 61.6 Å². The van der Waals surface area contributed by atoms with Gasteiger partial charge in [0, 0.05) is 11.3 Å². The molecule has 0 aliphatic heterocycles. The Morgan fingerprint density at radius 1 is 0.960 bits per heavy atom.